The minimum atomic E-state index is -3.17. The first-order chi connectivity index (χ1) is 17.3. The third-order valence-electron chi connectivity index (χ3n) is 5.03. The zero-order valence-electron chi connectivity index (χ0n) is 17.9. The Morgan fingerprint density at radius 1 is 1.31 bits per heavy atom. The van der Waals surface area contributed by atoms with E-state index in [1.165, 1.54) is 41.3 Å². The van der Waals surface area contributed by atoms with Crippen molar-refractivity contribution in [3.05, 3.63) is 59.5 Å². The molecule has 0 fully saturated rings. The quantitative estimate of drug-likeness (QED) is 0.338. The highest BCUT2D eigenvalue weighted by atomic mass is 32.1. The number of anilines is 1. The summed E-state index contributed by atoms with van der Waals surface area (Å²) >= 11 is 1.13. The van der Waals surface area contributed by atoms with Gasteiger partial charge in [-0.3, -0.25) is 14.3 Å². The van der Waals surface area contributed by atoms with E-state index in [-0.39, 0.29) is 33.9 Å². The number of benzene rings is 1. The number of thiophene rings is 1. The van der Waals surface area contributed by atoms with Crippen LogP contribution in [0.15, 0.2) is 49.1 Å². The topological polar surface area (TPSA) is 147 Å². The first kappa shape index (κ1) is 22.9. The number of carbonyl (C=O) groups excluding carboxylic acids is 1. The van der Waals surface area contributed by atoms with Gasteiger partial charge in [-0.15, -0.1) is 11.3 Å². The Morgan fingerprint density at radius 3 is 2.89 bits per heavy atom. The number of nitriles is 1. The van der Waals surface area contributed by atoms with Crippen LogP contribution in [-0.2, 0) is 11.3 Å². The van der Waals surface area contributed by atoms with Crippen LogP contribution in [-0.4, -0.2) is 48.0 Å². The fourth-order valence-electron chi connectivity index (χ4n) is 3.61. The molecule has 1 aromatic carbocycles. The Kier molecular flexibility index (Phi) is 5.74. The van der Waals surface area contributed by atoms with Crippen molar-refractivity contribution in [3.63, 3.8) is 0 Å². The smallest absolute Gasteiger partial charge is 0.387 e. The fraction of sp³-hybridized carbons (Fsp3) is 0.0909. The zero-order valence-corrected chi connectivity index (χ0v) is 18.7. The van der Waals surface area contributed by atoms with Crippen LogP contribution < -0.4 is 10.1 Å². The van der Waals surface area contributed by atoms with E-state index in [1.807, 2.05) is 6.07 Å². The molecule has 0 aliphatic heterocycles. The molecule has 0 atom stereocenters. The van der Waals surface area contributed by atoms with Crippen LogP contribution in [0.3, 0.4) is 0 Å². The first-order valence-electron chi connectivity index (χ1n) is 10.1. The molecule has 0 aliphatic carbocycles. The van der Waals surface area contributed by atoms with Gasteiger partial charge in [-0.25, -0.2) is 9.50 Å². The third kappa shape index (κ3) is 4.30. The molecule has 14 heteroatoms. The van der Waals surface area contributed by atoms with E-state index in [4.69, 9.17) is 4.74 Å². The second-order valence-electron chi connectivity index (χ2n) is 7.37. The molecular weight excluding hydrogens is 496 g/mol. The van der Waals surface area contributed by atoms with Gasteiger partial charge in [0, 0.05) is 28.9 Å². The van der Waals surface area contributed by atoms with Gasteiger partial charge in [0.2, 0.25) is 0 Å². The summed E-state index contributed by atoms with van der Waals surface area (Å²) in [5, 5.41) is 29.9. The van der Waals surface area contributed by atoms with Gasteiger partial charge in [0.05, 0.1) is 11.9 Å². The average molecular weight is 509 g/mol. The molecule has 180 valence electrons. The Morgan fingerprint density at radius 2 is 2.14 bits per heavy atom. The van der Waals surface area contributed by atoms with Gasteiger partial charge >= 0.3 is 12.6 Å². The molecule has 5 aromatic rings. The van der Waals surface area contributed by atoms with Crippen LogP contribution in [0, 0.1) is 11.3 Å². The van der Waals surface area contributed by atoms with Gasteiger partial charge in [-0.05, 0) is 29.7 Å². The highest BCUT2D eigenvalue weighted by molar-refractivity contribution is 7.19. The molecule has 11 nitrogen and oxygen atoms in total. The van der Waals surface area contributed by atoms with Crippen molar-refractivity contribution in [2.45, 2.75) is 13.2 Å². The predicted molar refractivity (Wildman–Crippen MR) is 123 cm³/mol. The van der Waals surface area contributed by atoms with Crippen molar-refractivity contribution in [3.8, 4) is 23.1 Å². The van der Waals surface area contributed by atoms with E-state index >= 15 is 0 Å². The summed E-state index contributed by atoms with van der Waals surface area (Å²) in [5.41, 5.74) is 0.529. The van der Waals surface area contributed by atoms with Crippen molar-refractivity contribution in [1.29, 1.82) is 5.26 Å². The molecule has 0 spiro atoms. The highest BCUT2D eigenvalue weighted by Crippen LogP contribution is 2.40. The molecule has 0 unspecified atom stereocenters. The lowest BCUT2D eigenvalue weighted by atomic mass is 10.1. The van der Waals surface area contributed by atoms with Crippen molar-refractivity contribution in [1.82, 2.24) is 24.4 Å². The summed E-state index contributed by atoms with van der Waals surface area (Å²) < 4.78 is 34.2. The lowest BCUT2D eigenvalue weighted by Crippen LogP contribution is -2.12. The average Bonchev–Trinajstić information content (AvgIpc) is 3.53. The number of hydrogen-bond acceptors (Lipinski definition) is 8. The molecule has 0 saturated carbocycles. The maximum atomic E-state index is 13.2. The second-order valence-corrected chi connectivity index (χ2v) is 8.45. The summed E-state index contributed by atoms with van der Waals surface area (Å²) in [4.78, 5) is 28.9. The van der Waals surface area contributed by atoms with E-state index in [2.05, 4.69) is 20.5 Å². The standard InChI is InChI=1S/C22H13F2N7O4S/c23-22(24)35-16-5-11-4-12(7-25)36-17(11)6-13(16)19-15(9-30(29-19)10-18(32)33)28-21(34)14-8-27-31-3-1-2-26-20(14)31/h1-6,8-9,22H,10H2,(H,28,34)(H,32,33). The van der Waals surface area contributed by atoms with Crippen LogP contribution in [0.1, 0.15) is 15.2 Å². The molecule has 2 N–H and O–H groups in total. The third-order valence-corrected chi connectivity index (χ3v) is 6.03. The van der Waals surface area contributed by atoms with Crippen molar-refractivity contribution >= 4 is 44.6 Å². The maximum Gasteiger partial charge on any atom is 0.387 e. The van der Waals surface area contributed by atoms with Gasteiger partial charge < -0.3 is 15.2 Å². The summed E-state index contributed by atoms with van der Waals surface area (Å²) in [6.45, 7) is -3.72. The van der Waals surface area contributed by atoms with Crippen molar-refractivity contribution in [2.75, 3.05) is 5.32 Å². The number of fused-ring (bicyclic) bond motifs is 2. The van der Waals surface area contributed by atoms with Crippen LogP contribution in [0.2, 0.25) is 0 Å². The number of carbonyl (C=O) groups is 2. The molecule has 0 radical (unpaired) electrons. The maximum absolute atomic E-state index is 13.2. The van der Waals surface area contributed by atoms with Gasteiger partial charge in [0.15, 0.2) is 5.65 Å². The van der Waals surface area contributed by atoms with E-state index in [0.29, 0.717) is 15.0 Å². The minimum Gasteiger partial charge on any atom is -0.480 e. The Labute approximate surface area is 203 Å². The predicted octanol–water partition coefficient (Wildman–Crippen LogP) is 3.62. The Balaban J connectivity index is 1.63. The molecule has 0 aliphatic rings. The van der Waals surface area contributed by atoms with Crippen LogP contribution in [0.25, 0.3) is 27.0 Å². The minimum absolute atomic E-state index is 0.00140. The summed E-state index contributed by atoms with van der Waals surface area (Å²) in [7, 11) is 0. The van der Waals surface area contributed by atoms with Gasteiger partial charge in [-0.2, -0.15) is 24.2 Å². The molecule has 5 rings (SSSR count). The number of hydrogen-bond donors (Lipinski definition) is 2. The van der Waals surface area contributed by atoms with Crippen LogP contribution in [0.5, 0.6) is 5.75 Å². The number of carboxylic acids is 1. The summed E-state index contributed by atoms with van der Waals surface area (Å²) in [6, 6.07) is 8.01. The van der Waals surface area contributed by atoms with E-state index < -0.39 is 25.0 Å². The zero-order chi connectivity index (χ0) is 25.4. The number of halogens is 2. The molecule has 0 saturated heterocycles. The number of aliphatic carboxylic acids is 1. The Hall–Kier alpha value is -4.90. The number of ether oxygens (including phenoxy) is 1. The summed E-state index contributed by atoms with van der Waals surface area (Å²) in [5.74, 6) is -2.08. The largest absolute Gasteiger partial charge is 0.480 e. The van der Waals surface area contributed by atoms with E-state index in [9.17, 15) is 28.7 Å². The molecular formula is C22H13F2N7O4S. The number of carboxylic acid groups (broad SMARTS) is 1. The molecule has 0 bridgehead atoms. The summed E-state index contributed by atoms with van der Waals surface area (Å²) in [6.07, 6.45) is 5.68. The number of alkyl halides is 2. The number of nitrogens with zero attached hydrogens (tertiary/aromatic N) is 6. The highest BCUT2D eigenvalue weighted by Gasteiger charge is 2.23. The lowest BCUT2D eigenvalue weighted by Gasteiger charge is -2.11. The molecule has 36 heavy (non-hydrogen) atoms. The molecule has 1 amide bonds. The first-order valence-corrected chi connectivity index (χ1v) is 11.0. The van der Waals surface area contributed by atoms with Crippen molar-refractivity contribution in [2.24, 2.45) is 0 Å². The fourth-order valence-corrected chi connectivity index (χ4v) is 4.49. The van der Waals surface area contributed by atoms with Gasteiger partial charge in [0.1, 0.15) is 34.5 Å². The Bertz CT molecular complexity index is 1680. The monoisotopic (exact) mass is 509 g/mol. The number of nitrogens with one attached hydrogen (secondary N) is 1. The SMILES string of the molecule is N#Cc1cc2cc(OC(F)F)c(-c3nn(CC(=O)O)cc3NC(=O)c3cnn4cccnc34)cc2s1. The van der Waals surface area contributed by atoms with Gasteiger partial charge in [0.25, 0.3) is 5.91 Å². The second kappa shape index (κ2) is 9.04. The van der Waals surface area contributed by atoms with Gasteiger partial charge in [-0.1, -0.05) is 0 Å². The number of aromatic nitrogens is 5. The van der Waals surface area contributed by atoms with E-state index in [1.54, 1.807) is 12.3 Å². The molecule has 4 heterocycles. The number of amides is 1. The van der Waals surface area contributed by atoms with Crippen LogP contribution >= 0.6 is 11.3 Å². The normalized spacial score (nSPS) is 11.2. The van der Waals surface area contributed by atoms with Crippen molar-refractivity contribution < 1.29 is 28.2 Å². The lowest BCUT2D eigenvalue weighted by molar-refractivity contribution is -0.137. The van der Waals surface area contributed by atoms with Crippen LogP contribution in [0.4, 0.5) is 14.5 Å². The van der Waals surface area contributed by atoms with E-state index in [0.717, 1.165) is 16.0 Å². The molecule has 4 aromatic heterocycles. The number of rotatable bonds is 7.